The number of aliphatic carboxylic acids is 1. The van der Waals surface area contributed by atoms with Crippen molar-refractivity contribution in [2.24, 2.45) is 0 Å². The average molecular weight is 274 g/mol. The monoisotopic (exact) mass is 274 g/mol. The van der Waals surface area contributed by atoms with Gasteiger partial charge >= 0.3 is 5.97 Å². The van der Waals surface area contributed by atoms with E-state index in [1.54, 1.807) is 6.07 Å². The van der Waals surface area contributed by atoms with Crippen molar-refractivity contribution < 1.29 is 14.6 Å². The van der Waals surface area contributed by atoms with E-state index in [2.05, 4.69) is 4.57 Å². The van der Waals surface area contributed by atoms with E-state index >= 15 is 0 Å². The van der Waals surface area contributed by atoms with Crippen molar-refractivity contribution in [3.8, 4) is 6.07 Å². The lowest BCUT2D eigenvalue weighted by Crippen LogP contribution is -2.16. The third-order valence-electron chi connectivity index (χ3n) is 3.67. The minimum Gasteiger partial charge on any atom is -0.477 e. The number of nitrogens with zero attached hydrogens (tertiary/aromatic N) is 2. The summed E-state index contributed by atoms with van der Waals surface area (Å²) >= 11 is 0. The van der Waals surface area contributed by atoms with E-state index in [-0.39, 0.29) is 11.7 Å². The molecule has 1 fully saturated rings. The molecule has 106 valence electrons. The molecule has 1 N–H and O–H groups in total. The Labute approximate surface area is 118 Å². The van der Waals surface area contributed by atoms with Crippen molar-refractivity contribution in [2.75, 3.05) is 6.61 Å². The summed E-state index contributed by atoms with van der Waals surface area (Å²) in [5.74, 6) is -1.20. The molecular formula is C15H18N2O3. The quantitative estimate of drug-likeness (QED) is 0.675. The molecule has 2 heterocycles. The Morgan fingerprint density at radius 1 is 1.65 bits per heavy atom. The van der Waals surface area contributed by atoms with Crippen molar-refractivity contribution in [3.05, 3.63) is 28.6 Å². The fourth-order valence-corrected chi connectivity index (χ4v) is 2.54. The Hall–Kier alpha value is -2.06. The Morgan fingerprint density at radius 3 is 2.95 bits per heavy atom. The number of nitriles is 1. The maximum absolute atomic E-state index is 10.9. The summed E-state index contributed by atoms with van der Waals surface area (Å²) in [7, 11) is 0. The summed E-state index contributed by atoms with van der Waals surface area (Å²) in [6.07, 6.45) is 3.80. The standard InChI is InChI=1S/C15H18N2O3/c1-10-6-12(7-13(8-16)15(18)19)11(2)17(10)9-14-4-3-5-20-14/h6-7,14H,3-5,9H2,1-2H3,(H,18,19)/b13-7+/t14-/m1/s1. The van der Waals surface area contributed by atoms with Crippen molar-refractivity contribution in [2.45, 2.75) is 39.3 Å². The number of carboxylic acids is 1. The topological polar surface area (TPSA) is 75.3 Å². The molecule has 2 rings (SSSR count). The predicted molar refractivity (Wildman–Crippen MR) is 74.1 cm³/mol. The van der Waals surface area contributed by atoms with Crippen LogP contribution in [0.25, 0.3) is 6.08 Å². The normalized spacial score (nSPS) is 19.1. The van der Waals surface area contributed by atoms with E-state index in [1.807, 2.05) is 19.9 Å². The van der Waals surface area contributed by atoms with Gasteiger partial charge in [0, 0.05) is 24.5 Å². The van der Waals surface area contributed by atoms with Gasteiger partial charge in [-0.25, -0.2) is 4.79 Å². The molecule has 0 radical (unpaired) electrons. The molecular weight excluding hydrogens is 256 g/mol. The summed E-state index contributed by atoms with van der Waals surface area (Å²) in [5, 5.41) is 17.7. The Bertz CT molecular complexity index is 587. The molecule has 1 saturated heterocycles. The fourth-order valence-electron chi connectivity index (χ4n) is 2.54. The maximum atomic E-state index is 10.9. The molecule has 1 aliphatic rings. The number of ether oxygens (including phenoxy) is 1. The highest BCUT2D eigenvalue weighted by molar-refractivity contribution is 5.96. The zero-order chi connectivity index (χ0) is 14.7. The van der Waals surface area contributed by atoms with Gasteiger partial charge in [-0.2, -0.15) is 5.26 Å². The van der Waals surface area contributed by atoms with Gasteiger partial charge in [0.1, 0.15) is 11.6 Å². The third-order valence-corrected chi connectivity index (χ3v) is 3.67. The second-order valence-corrected chi connectivity index (χ2v) is 5.05. The van der Waals surface area contributed by atoms with Crippen LogP contribution in [0.4, 0.5) is 0 Å². The second kappa shape index (κ2) is 5.93. The van der Waals surface area contributed by atoms with Crippen molar-refractivity contribution >= 4 is 12.0 Å². The van der Waals surface area contributed by atoms with Crippen LogP contribution in [-0.4, -0.2) is 28.4 Å². The Morgan fingerprint density at radius 2 is 2.40 bits per heavy atom. The number of rotatable bonds is 4. The summed E-state index contributed by atoms with van der Waals surface area (Å²) in [4.78, 5) is 10.9. The van der Waals surface area contributed by atoms with Crippen LogP contribution in [0.5, 0.6) is 0 Å². The van der Waals surface area contributed by atoms with E-state index in [4.69, 9.17) is 15.1 Å². The first-order valence-corrected chi connectivity index (χ1v) is 6.66. The van der Waals surface area contributed by atoms with E-state index in [9.17, 15) is 4.79 Å². The largest absolute Gasteiger partial charge is 0.477 e. The minimum atomic E-state index is -1.20. The van der Waals surface area contributed by atoms with Gasteiger partial charge in [0.2, 0.25) is 0 Å². The van der Waals surface area contributed by atoms with E-state index in [1.165, 1.54) is 6.08 Å². The zero-order valence-corrected chi connectivity index (χ0v) is 11.7. The number of carboxylic acid groups (broad SMARTS) is 1. The molecule has 5 heteroatoms. The molecule has 0 saturated carbocycles. The predicted octanol–water partition coefficient (Wildman–Crippen LogP) is 2.28. The van der Waals surface area contributed by atoms with Gasteiger partial charge in [-0.15, -0.1) is 0 Å². The van der Waals surface area contributed by atoms with Gasteiger partial charge in [0.25, 0.3) is 0 Å². The van der Waals surface area contributed by atoms with Crippen LogP contribution < -0.4 is 0 Å². The molecule has 1 atom stereocenters. The molecule has 5 nitrogen and oxygen atoms in total. The molecule has 1 aromatic rings. The molecule has 0 bridgehead atoms. The van der Waals surface area contributed by atoms with Gasteiger partial charge < -0.3 is 14.4 Å². The van der Waals surface area contributed by atoms with Gasteiger partial charge in [0.15, 0.2) is 0 Å². The van der Waals surface area contributed by atoms with Crippen LogP contribution in [0.3, 0.4) is 0 Å². The Balaban J connectivity index is 2.28. The Kier molecular flexibility index (Phi) is 4.26. The van der Waals surface area contributed by atoms with Crippen LogP contribution in [0, 0.1) is 25.2 Å². The minimum absolute atomic E-state index is 0.228. The number of hydrogen-bond acceptors (Lipinski definition) is 3. The molecule has 0 unspecified atom stereocenters. The lowest BCUT2D eigenvalue weighted by molar-refractivity contribution is -0.132. The maximum Gasteiger partial charge on any atom is 0.346 e. The van der Waals surface area contributed by atoms with Crippen LogP contribution in [0.15, 0.2) is 11.6 Å². The zero-order valence-electron chi connectivity index (χ0n) is 11.7. The van der Waals surface area contributed by atoms with Gasteiger partial charge in [-0.1, -0.05) is 0 Å². The highest BCUT2D eigenvalue weighted by Gasteiger charge is 2.19. The first-order chi connectivity index (χ1) is 9.52. The molecule has 0 amide bonds. The first kappa shape index (κ1) is 14.4. The van der Waals surface area contributed by atoms with E-state index < -0.39 is 5.97 Å². The van der Waals surface area contributed by atoms with Crippen LogP contribution in [0.2, 0.25) is 0 Å². The van der Waals surface area contributed by atoms with E-state index in [0.29, 0.717) is 0 Å². The highest BCUT2D eigenvalue weighted by atomic mass is 16.5. The van der Waals surface area contributed by atoms with Crippen molar-refractivity contribution in [1.29, 1.82) is 5.26 Å². The smallest absolute Gasteiger partial charge is 0.346 e. The molecule has 0 aliphatic carbocycles. The van der Waals surface area contributed by atoms with Gasteiger partial charge in [-0.3, -0.25) is 0 Å². The van der Waals surface area contributed by atoms with Crippen molar-refractivity contribution in [3.63, 3.8) is 0 Å². The first-order valence-electron chi connectivity index (χ1n) is 6.66. The summed E-state index contributed by atoms with van der Waals surface area (Å²) in [6.45, 7) is 5.51. The van der Waals surface area contributed by atoms with Gasteiger partial charge in [-0.05, 0) is 44.4 Å². The summed E-state index contributed by atoms with van der Waals surface area (Å²) < 4.78 is 7.76. The highest BCUT2D eigenvalue weighted by Crippen LogP contribution is 2.22. The molecule has 1 aliphatic heterocycles. The lowest BCUT2D eigenvalue weighted by atomic mass is 10.1. The lowest BCUT2D eigenvalue weighted by Gasteiger charge is -2.14. The van der Waals surface area contributed by atoms with Gasteiger partial charge in [0.05, 0.1) is 6.10 Å². The molecule has 20 heavy (non-hydrogen) atoms. The molecule has 1 aromatic heterocycles. The van der Waals surface area contributed by atoms with Crippen LogP contribution in [0.1, 0.15) is 29.8 Å². The second-order valence-electron chi connectivity index (χ2n) is 5.05. The van der Waals surface area contributed by atoms with Crippen LogP contribution >= 0.6 is 0 Å². The molecule has 0 aromatic carbocycles. The summed E-state index contributed by atoms with van der Waals surface area (Å²) in [6, 6.07) is 3.61. The van der Waals surface area contributed by atoms with E-state index in [0.717, 1.165) is 42.9 Å². The van der Waals surface area contributed by atoms with Crippen LogP contribution in [-0.2, 0) is 16.1 Å². The number of aryl methyl sites for hydroxylation is 1. The number of aromatic nitrogens is 1. The number of carbonyl (C=O) groups is 1. The van der Waals surface area contributed by atoms with Crippen molar-refractivity contribution in [1.82, 2.24) is 4.57 Å². The number of hydrogen-bond donors (Lipinski definition) is 1. The summed E-state index contributed by atoms with van der Waals surface area (Å²) in [5.41, 5.74) is 2.54. The SMILES string of the molecule is Cc1cc(/C=C(\C#N)C(=O)O)c(C)n1C[C@H]1CCCO1. The third kappa shape index (κ3) is 2.91. The molecule has 0 spiro atoms. The average Bonchev–Trinajstić information content (AvgIpc) is 3.00. The fraction of sp³-hybridized carbons (Fsp3) is 0.467.